The molecule has 0 N–H and O–H groups in total. The molecular weight excluding hydrogens is 292 g/mol. The van der Waals surface area contributed by atoms with E-state index < -0.39 is 23.5 Å². The summed E-state index contributed by atoms with van der Waals surface area (Å²) in [5.74, 6) is -1.83. The molecule has 0 bridgehead atoms. The molecule has 1 aliphatic carbocycles. The van der Waals surface area contributed by atoms with Gasteiger partial charge in [-0.05, 0) is 12.2 Å². The van der Waals surface area contributed by atoms with Crippen LogP contribution in [0.2, 0.25) is 0 Å². The summed E-state index contributed by atoms with van der Waals surface area (Å²) >= 11 is 0. The molecule has 2 aliphatic rings. The molecule has 1 heterocycles. The van der Waals surface area contributed by atoms with Gasteiger partial charge in [-0.15, -0.1) is 0 Å². The Kier molecular flexibility index (Phi) is 4.46. The van der Waals surface area contributed by atoms with Crippen molar-refractivity contribution in [3.8, 4) is 0 Å². The van der Waals surface area contributed by atoms with Crippen LogP contribution >= 0.6 is 0 Å². The minimum atomic E-state index is -0.761. The van der Waals surface area contributed by atoms with E-state index in [2.05, 4.69) is 16.1 Å². The molecule has 22 heavy (non-hydrogen) atoms. The van der Waals surface area contributed by atoms with Crippen molar-refractivity contribution in [1.82, 2.24) is 0 Å². The second kappa shape index (κ2) is 6.15. The van der Waals surface area contributed by atoms with E-state index in [4.69, 9.17) is 9.47 Å². The highest BCUT2D eigenvalue weighted by Crippen LogP contribution is 2.47. The van der Waals surface area contributed by atoms with Crippen molar-refractivity contribution in [2.24, 2.45) is 0 Å². The van der Waals surface area contributed by atoms with Gasteiger partial charge in [-0.1, -0.05) is 6.58 Å². The highest BCUT2D eigenvalue weighted by Gasteiger charge is 2.57. The first-order valence-corrected chi connectivity index (χ1v) is 6.56. The first kappa shape index (κ1) is 16.0. The van der Waals surface area contributed by atoms with Gasteiger partial charge in [0, 0.05) is 12.5 Å². The fraction of sp³-hybridized carbons (Fsp3) is 0.400. The number of fused-ring (bicyclic) bond motifs is 1. The molecule has 1 aliphatic heterocycles. The van der Waals surface area contributed by atoms with Gasteiger partial charge < -0.3 is 18.9 Å². The predicted octanol–water partition coefficient (Wildman–Crippen LogP) is 0.456. The molecule has 0 aromatic carbocycles. The first-order chi connectivity index (χ1) is 10.5. The molecule has 1 saturated heterocycles. The van der Waals surface area contributed by atoms with E-state index in [1.54, 1.807) is 0 Å². The van der Waals surface area contributed by atoms with Crippen LogP contribution in [0.4, 0.5) is 0 Å². The maximum Gasteiger partial charge on any atom is 0.338 e. The minimum absolute atomic E-state index is 0.0816. The van der Waals surface area contributed by atoms with Crippen LogP contribution in [0.25, 0.3) is 0 Å². The Morgan fingerprint density at radius 2 is 1.91 bits per heavy atom. The number of epoxide rings is 1. The van der Waals surface area contributed by atoms with Gasteiger partial charge in [-0.3, -0.25) is 0 Å². The Balaban J connectivity index is 2.15. The molecule has 0 saturated carbocycles. The first-order valence-electron chi connectivity index (χ1n) is 6.56. The predicted molar refractivity (Wildman–Crippen MR) is 73.6 cm³/mol. The average Bonchev–Trinajstić information content (AvgIpc) is 3.24. The molecule has 0 aromatic rings. The van der Waals surface area contributed by atoms with Crippen LogP contribution in [0.3, 0.4) is 0 Å². The number of ether oxygens (including phenoxy) is 4. The Morgan fingerprint density at radius 3 is 2.50 bits per heavy atom. The van der Waals surface area contributed by atoms with Crippen molar-refractivity contribution in [3.63, 3.8) is 0 Å². The number of hydrogen-bond acceptors (Lipinski definition) is 7. The molecule has 0 radical (unpaired) electrons. The molecule has 118 valence electrons. The summed E-state index contributed by atoms with van der Waals surface area (Å²) in [7, 11) is 2.44. The lowest BCUT2D eigenvalue weighted by Gasteiger charge is -2.16. The summed E-state index contributed by atoms with van der Waals surface area (Å²) in [6.07, 6.45) is 4.10. The van der Waals surface area contributed by atoms with Crippen LogP contribution in [0.15, 0.2) is 36.0 Å². The van der Waals surface area contributed by atoms with Gasteiger partial charge in [0.15, 0.2) is 0 Å². The van der Waals surface area contributed by atoms with Gasteiger partial charge in [-0.2, -0.15) is 0 Å². The smallest absolute Gasteiger partial charge is 0.338 e. The summed E-state index contributed by atoms with van der Waals surface area (Å²) in [6.45, 7) is 3.40. The molecule has 0 amide bonds. The zero-order valence-electron chi connectivity index (χ0n) is 12.3. The Morgan fingerprint density at radius 1 is 1.27 bits per heavy atom. The van der Waals surface area contributed by atoms with Crippen LogP contribution < -0.4 is 0 Å². The van der Waals surface area contributed by atoms with Crippen LogP contribution in [-0.2, 0) is 33.3 Å². The molecule has 7 nitrogen and oxygen atoms in total. The largest absolute Gasteiger partial charge is 0.465 e. The lowest BCUT2D eigenvalue weighted by Crippen LogP contribution is -2.25. The molecular formula is C15H16O7. The molecule has 2 unspecified atom stereocenters. The van der Waals surface area contributed by atoms with Gasteiger partial charge >= 0.3 is 17.9 Å². The van der Waals surface area contributed by atoms with Gasteiger partial charge in [0.1, 0.15) is 11.7 Å². The average molecular weight is 308 g/mol. The van der Waals surface area contributed by atoms with E-state index in [-0.39, 0.29) is 23.9 Å². The molecule has 7 heteroatoms. The number of rotatable bonds is 6. The van der Waals surface area contributed by atoms with Gasteiger partial charge in [0.2, 0.25) is 0 Å². The van der Waals surface area contributed by atoms with Crippen LogP contribution in [0.5, 0.6) is 0 Å². The van der Waals surface area contributed by atoms with E-state index in [0.717, 1.165) is 6.08 Å². The third kappa shape index (κ3) is 2.94. The van der Waals surface area contributed by atoms with Crippen molar-refractivity contribution in [2.75, 3.05) is 20.8 Å². The summed E-state index contributed by atoms with van der Waals surface area (Å²) in [4.78, 5) is 34.6. The van der Waals surface area contributed by atoms with E-state index in [9.17, 15) is 14.4 Å². The summed E-state index contributed by atoms with van der Waals surface area (Å²) in [6, 6.07) is 0. The van der Waals surface area contributed by atoms with Gasteiger partial charge in [-0.25, -0.2) is 14.4 Å². The molecule has 0 aromatic heterocycles. The van der Waals surface area contributed by atoms with Crippen molar-refractivity contribution >= 4 is 17.9 Å². The monoisotopic (exact) mass is 308 g/mol. The van der Waals surface area contributed by atoms with Crippen molar-refractivity contribution in [3.05, 3.63) is 36.0 Å². The number of hydrogen-bond donors (Lipinski definition) is 0. The van der Waals surface area contributed by atoms with E-state index in [1.807, 2.05) is 0 Å². The topological polar surface area (TPSA) is 91.4 Å². The second-order valence-corrected chi connectivity index (χ2v) is 4.74. The van der Waals surface area contributed by atoms with E-state index in [1.165, 1.54) is 26.4 Å². The van der Waals surface area contributed by atoms with Gasteiger partial charge in [0.05, 0.1) is 32.0 Å². The minimum Gasteiger partial charge on any atom is -0.465 e. The summed E-state index contributed by atoms with van der Waals surface area (Å²) in [5, 5.41) is 0. The van der Waals surface area contributed by atoms with Crippen LogP contribution in [-0.4, -0.2) is 50.4 Å². The summed E-state index contributed by atoms with van der Waals surface area (Å²) in [5.41, 5.74) is -0.573. The molecule has 0 spiro atoms. The third-order valence-corrected chi connectivity index (χ3v) is 3.48. The van der Waals surface area contributed by atoms with E-state index in [0.29, 0.717) is 6.42 Å². The van der Waals surface area contributed by atoms with Crippen LogP contribution in [0.1, 0.15) is 6.42 Å². The Labute approximate surface area is 127 Å². The normalized spacial score (nSPS) is 25.1. The lowest BCUT2D eigenvalue weighted by molar-refractivity contribution is -0.139. The highest BCUT2D eigenvalue weighted by molar-refractivity contribution is 6.07. The standard InChI is InChI=1S/C15H16O7/c1-4-12(16)21-6-5-15-8-10(14(18)20-3)9(13(17)19-2)7-11(15)22-15/h4,7-8,11H,1,5-6H2,2-3H3. The number of carbonyl (C=O) groups excluding carboxylic acids is 3. The maximum atomic E-state index is 11.8. The molecule has 1 fully saturated rings. The zero-order chi connectivity index (χ0) is 16.3. The summed E-state index contributed by atoms with van der Waals surface area (Å²) < 4.78 is 19.8. The third-order valence-electron chi connectivity index (χ3n) is 3.48. The van der Waals surface area contributed by atoms with Gasteiger partial charge in [0.25, 0.3) is 0 Å². The fourth-order valence-corrected chi connectivity index (χ4v) is 2.27. The maximum absolute atomic E-state index is 11.8. The fourth-order valence-electron chi connectivity index (χ4n) is 2.27. The zero-order valence-corrected chi connectivity index (χ0v) is 12.3. The second-order valence-electron chi connectivity index (χ2n) is 4.74. The quantitative estimate of drug-likeness (QED) is 0.304. The van der Waals surface area contributed by atoms with E-state index >= 15 is 0 Å². The highest BCUT2D eigenvalue weighted by atomic mass is 16.6. The number of esters is 3. The molecule has 2 atom stereocenters. The molecule has 2 rings (SSSR count). The Hall–Kier alpha value is -2.41. The van der Waals surface area contributed by atoms with Crippen molar-refractivity contribution < 1.29 is 33.3 Å². The van der Waals surface area contributed by atoms with Crippen molar-refractivity contribution in [1.29, 1.82) is 0 Å². The van der Waals surface area contributed by atoms with Crippen LogP contribution in [0, 0.1) is 0 Å². The SMILES string of the molecule is C=CC(=O)OCCC12C=C(C(=O)OC)C(C(=O)OC)=CC1O2. The number of methoxy groups -OCH3 is 2. The Bertz CT molecular complexity index is 587. The number of carbonyl (C=O) groups is 3. The van der Waals surface area contributed by atoms with Crippen molar-refractivity contribution in [2.45, 2.75) is 18.1 Å². The lowest BCUT2D eigenvalue weighted by atomic mass is 9.88.